The van der Waals surface area contributed by atoms with E-state index in [4.69, 9.17) is 37.6 Å². The topological polar surface area (TPSA) is 172 Å². The van der Waals surface area contributed by atoms with Crippen molar-refractivity contribution in [3.63, 3.8) is 0 Å². The van der Waals surface area contributed by atoms with Crippen LogP contribution in [0.1, 0.15) is 94.1 Å². The van der Waals surface area contributed by atoms with Crippen molar-refractivity contribution in [1.29, 1.82) is 0 Å². The normalized spacial score (nSPS) is 16.5. The average Bonchev–Trinajstić information content (AvgIpc) is 3.95. The first-order valence-corrected chi connectivity index (χ1v) is 31.0. The summed E-state index contributed by atoms with van der Waals surface area (Å²) in [5.41, 5.74) is 10.0. The van der Waals surface area contributed by atoms with Gasteiger partial charge in [0.05, 0.1) is 47.3 Å². The maximum atomic E-state index is 14.3. The number of para-hydroxylation sites is 2. The van der Waals surface area contributed by atoms with Crippen LogP contribution in [0.2, 0.25) is 0 Å². The number of benzene rings is 5. The molecule has 20 heteroatoms. The maximum Gasteiger partial charge on any atom is 0.277 e. The van der Waals surface area contributed by atoms with Crippen LogP contribution in [0, 0.1) is 6.92 Å². The number of methoxy groups -OCH3 is 2. The fraction of sp³-hybridized carbons (Fsp3) is 0.443. The molecule has 429 valence electrons. The monoisotopic (exact) mass is 1240 g/mol. The van der Waals surface area contributed by atoms with E-state index in [1.165, 1.54) is 16.4 Å². The molecule has 0 bridgehead atoms. The van der Waals surface area contributed by atoms with Crippen molar-refractivity contribution in [2.45, 2.75) is 102 Å². The molecule has 0 saturated heterocycles. The van der Waals surface area contributed by atoms with Crippen molar-refractivity contribution in [2.24, 2.45) is 4.99 Å². The van der Waals surface area contributed by atoms with E-state index in [1.54, 1.807) is 49.0 Å². The Hall–Kier alpha value is -4.83. The third kappa shape index (κ3) is 14.8. The Kier molecular flexibility index (Phi) is 21.6. The number of ether oxygens (including phenoxy) is 6. The van der Waals surface area contributed by atoms with Crippen molar-refractivity contribution in [3.05, 3.63) is 136 Å². The molecule has 0 fully saturated rings. The van der Waals surface area contributed by atoms with Crippen molar-refractivity contribution < 1.29 is 88.1 Å². The smallest absolute Gasteiger partial charge is 0.277 e. The van der Waals surface area contributed by atoms with Crippen molar-refractivity contribution in [1.82, 2.24) is 0 Å². The van der Waals surface area contributed by atoms with Crippen LogP contribution in [-0.2, 0) is 98.5 Å². The Labute approximate surface area is 509 Å². The summed E-state index contributed by atoms with van der Waals surface area (Å²) < 4.78 is 66.0. The minimum absolute atomic E-state index is 0. The van der Waals surface area contributed by atoms with Crippen LogP contribution in [0.25, 0.3) is 0 Å². The van der Waals surface area contributed by atoms with Gasteiger partial charge in [0.15, 0.2) is 11.5 Å². The van der Waals surface area contributed by atoms with Gasteiger partial charge in [-0.1, -0.05) is 76.7 Å². The standard InChI is InChI=1S/C61H71N4O12S3.Y/c1-8-54(66)58(80(69,70)73-7)19-26-78-79-61(3,4)39-63(20-21-74-24-25-75-23-22-71-5)47-29-41(37-76-55-33-43-17-18-46-31-44-13-9-11-15-52(44)64(46)59(67)49(43)27-40(55)2)28-42(30-47)38-77-57-35-51-50(34-56(57)72-6)60(68)65-48(36-62-51)32-45-14-10-12-16-53(45)65;/h9-16,27-30,33-35,46,48,58H,8,17-26,31-32,37-39H2,1-7H3;/q-1;/t46-,48+,58?;/m1./s1. The second kappa shape index (κ2) is 28.2. The number of nitrogens with zero attached hydrogens (tertiary/aromatic N) is 4. The summed E-state index contributed by atoms with van der Waals surface area (Å²) in [5.74, 6) is 1.35. The van der Waals surface area contributed by atoms with Crippen LogP contribution in [-0.4, -0.2) is 128 Å². The number of fused-ring (bicyclic) bond motifs is 8. The van der Waals surface area contributed by atoms with Crippen molar-refractivity contribution in [3.8, 4) is 17.2 Å². The third-order valence-electron chi connectivity index (χ3n) is 14.8. The van der Waals surface area contributed by atoms with Crippen LogP contribution < -0.4 is 28.9 Å². The molecule has 5 aromatic carbocycles. The van der Waals surface area contributed by atoms with Crippen LogP contribution in [0.4, 0.5) is 22.7 Å². The van der Waals surface area contributed by atoms with E-state index in [1.807, 2.05) is 66.4 Å². The number of hydrogen-bond donors (Lipinski definition) is 0. The molecule has 81 heavy (non-hydrogen) atoms. The molecule has 0 saturated carbocycles. The van der Waals surface area contributed by atoms with E-state index < -0.39 is 20.1 Å². The van der Waals surface area contributed by atoms with E-state index >= 15 is 0 Å². The van der Waals surface area contributed by atoms with Crippen LogP contribution >= 0.6 is 21.6 Å². The maximum absolute atomic E-state index is 14.3. The number of carbonyl (C=O) groups is 3. The van der Waals surface area contributed by atoms with Gasteiger partial charge in [0, 0.05) is 105 Å². The number of amides is 2. The summed E-state index contributed by atoms with van der Waals surface area (Å²) in [7, 11) is 3.37. The quantitative estimate of drug-likeness (QED) is 0.0200. The van der Waals surface area contributed by atoms with E-state index in [0.717, 1.165) is 71.3 Å². The summed E-state index contributed by atoms with van der Waals surface area (Å²) in [6, 6.07) is 29.5. The number of carbonyl (C=O) groups excluding carboxylic acids is 3. The minimum Gasteiger partial charge on any atom is -0.493 e. The molecule has 1 unspecified atom stereocenters. The largest absolute Gasteiger partial charge is 0.493 e. The SMILES string of the molecule is CCC(=O)C(CCSSC(C)(C)CN(CCOCCOCCOC)c1cc(COc2cc3c(cc2C)C(=O)N2c4ccccc4C[C@H]2CC3)cc(COc2cc3c(cc2OC)C(=O)N2c4ccccc4C[C@H]2[C-]=N3)c1)S(=O)(=O)OC.[Y]. The Balaban J connectivity index is 0.00000860. The predicted octanol–water partition coefficient (Wildman–Crippen LogP) is 10.2. The van der Waals surface area contributed by atoms with Gasteiger partial charge in [-0.2, -0.15) is 8.42 Å². The van der Waals surface area contributed by atoms with Gasteiger partial charge in [-0.15, -0.1) is 6.21 Å². The first kappa shape index (κ1) is 62.2. The molecule has 1 radical (unpaired) electrons. The molecule has 4 aliphatic heterocycles. The number of anilines is 3. The molecule has 9 rings (SSSR count). The molecule has 0 aliphatic carbocycles. The molecule has 4 heterocycles. The number of rotatable bonds is 28. The summed E-state index contributed by atoms with van der Waals surface area (Å²) in [6.07, 6.45) is 6.49. The first-order valence-electron chi connectivity index (χ1n) is 27.2. The minimum atomic E-state index is -4.04. The van der Waals surface area contributed by atoms with Gasteiger partial charge in [-0.3, -0.25) is 18.6 Å². The molecule has 3 atom stereocenters. The molecule has 5 aromatic rings. The van der Waals surface area contributed by atoms with Crippen LogP contribution in [0.3, 0.4) is 0 Å². The zero-order valence-corrected chi connectivity index (χ0v) is 52.5. The third-order valence-corrected chi connectivity index (χ3v) is 19.8. The van der Waals surface area contributed by atoms with Crippen molar-refractivity contribution in [2.75, 3.05) is 87.9 Å². The van der Waals surface area contributed by atoms with Gasteiger partial charge in [0.25, 0.3) is 16.0 Å². The fourth-order valence-corrected chi connectivity index (χ4v) is 14.7. The molecule has 0 spiro atoms. The zero-order chi connectivity index (χ0) is 56.6. The van der Waals surface area contributed by atoms with Crippen LogP contribution in [0.5, 0.6) is 17.2 Å². The summed E-state index contributed by atoms with van der Waals surface area (Å²) >= 11 is 0. The number of aliphatic imine (C=N–C) groups is 1. The number of Topliss-reactive ketones (excluding diaryl/α,β-unsaturated/α-hetero) is 1. The summed E-state index contributed by atoms with van der Waals surface area (Å²) in [5, 5.41) is -1.23. The summed E-state index contributed by atoms with van der Waals surface area (Å²) in [4.78, 5) is 51.9. The average molecular weight is 1240 g/mol. The number of aryl methyl sites for hydroxylation is 2. The van der Waals surface area contributed by atoms with E-state index in [2.05, 4.69) is 49.2 Å². The van der Waals surface area contributed by atoms with E-state index in [-0.39, 0.29) is 88.4 Å². The van der Waals surface area contributed by atoms with Gasteiger partial charge in [0.2, 0.25) is 5.91 Å². The number of hydrogen-bond acceptors (Lipinski definition) is 16. The Morgan fingerprint density at radius 2 is 1.44 bits per heavy atom. The van der Waals surface area contributed by atoms with Gasteiger partial charge < -0.3 is 48.1 Å². The molecule has 0 aromatic heterocycles. The molecular formula is C61H71N4O12S3Y-. The Morgan fingerprint density at radius 1 is 0.790 bits per heavy atom. The van der Waals surface area contributed by atoms with E-state index in [0.29, 0.717) is 92.4 Å². The zero-order valence-electron chi connectivity index (χ0n) is 47.2. The van der Waals surface area contributed by atoms with Gasteiger partial charge in [0.1, 0.15) is 30.0 Å². The Bertz CT molecular complexity index is 3210. The van der Waals surface area contributed by atoms with Crippen molar-refractivity contribution >= 4 is 78.3 Å². The van der Waals surface area contributed by atoms with E-state index in [9.17, 15) is 22.8 Å². The molecule has 2 amide bonds. The summed E-state index contributed by atoms with van der Waals surface area (Å²) in [6.45, 7) is 11.4. The van der Waals surface area contributed by atoms with Gasteiger partial charge in [-0.25, -0.2) is 0 Å². The fourth-order valence-electron chi connectivity index (χ4n) is 10.8. The van der Waals surface area contributed by atoms with Crippen LogP contribution in [0.15, 0.2) is 96.0 Å². The first-order chi connectivity index (χ1) is 38.6. The molecular weight excluding hydrogens is 1170 g/mol. The Morgan fingerprint density at radius 3 is 2.14 bits per heavy atom. The van der Waals surface area contributed by atoms with Gasteiger partial charge in [-0.05, 0) is 140 Å². The molecule has 4 aliphatic rings. The predicted molar refractivity (Wildman–Crippen MR) is 316 cm³/mol. The molecule has 0 N–H and O–H groups in total. The van der Waals surface area contributed by atoms with Gasteiger partial charge >= 0.3 is 0 Å². The molecule has 16 nitrogen and oxygen atoms in total. The second-order valence-corrected chi connectivity index (χ2v) is 25.9. The number of ketones is 1. The second-order valence-electron chi connectivity index (χ2n) is 20.9.